The van der Waals surface area contributed by atoms with Gasteiger partial charge in [-0.05, 0) is 23.8 Å². The largest absolute Gasteiger partial charge is 0.435 e. The SMILES string of the molecule is O=C(Cc1ccc(OC(F)F)cc1)N1CCN(c2ccnc(-c3ccccc3)n2)CC1. The normalized spacial score (nSPS) is 14.0. The summed E-state index contributed by atoms with van der Waals surface area (Å²) in [6.07, 6.45) is 1.98. The molecule has 2 heterocycles. The monoisotopic (exact) mass is 424 g/mol. The molecule has 0 N–H and O–H groups in total. The van der Waals surface area contributed by atoms with Crippen LogP contribution in [0.4, 0.5) is 14.6 Å². The first-order valence-corrected chi connectivity index (χ1v) is 10.0. The number of hydrogen-bond donors (Lipinski definition) is 0. The third-order valence-electron chi connectivity index (χ3n) is 5.13. The lowest BCUT2D eigenvalue weighted by atomic mass is 10.1. The average Bonchev–Trinajstić information content (AvgIpc) is 2.81. The molecule has 3 aromatic rings. The van der Waals surface area contributed by atoms with Gasteiger partial charge in [0.1, 0.15) is 11.6 Å². The Morgan fingerprint density at radius 3 is 2.35 bits per heavy atom. The van der Waals surface area contributed by atoms with Gasteiger partial charge in [-0.3, -0.25) is 4.79 Å². The highest BCUT2D eigenvalue weighted by atomic mass is 19.3. The van der Waals surface area contributed by atoms with E-state index in [2.05, 4.69) is 19.6 Å². The summed E-state index contributed by atoms with van der Waals surface area (Å²) in [6, 6.07) is 17.9. The van der Waals surface area contributed by atoms with Crippen molar-refractivity contribution in [2.75, 3.05) is 31.1 Å². The molecule has 160 valence electrons. The molecule has 0 atom stereocenters. The number of amides is 1. The Kier molecular flexibility index (Phi) is 6.35. The Hall–Kier alpha value is -3.55. The number of piperazine rings is 1. The fourth-order valence-corrected chi connectivity index (χ4v) is 3.51. The zero-order valence-electron chi connectivity index (χ0n) is 16.8. The van der Waals surface area contributed by atoms with Crippen LogP contribution in [0.15, 0.2) is 66.9 Å². The Labute approximate surface area is 179 Å². The van der Waals surface area contributed by atoms with Crippen molar-refractivity contribution in [2.45, 2.75) is 13.0 Å². The van der Waals surface area contributed by atoms with E-state index in [1.165, 1.54) is 12.1 Å². The summed E-state index contributed by atoms with van der Waals surface area (Å²) in [4.78, 5) is 25.7. The lowest BCUT2D eigenvalue weighted by Gasteiger charge is -2.35. The molecule has 1 amide bonds. The molecule has 0 aliphatic carbocycles. The molecule has 0 bridgehead atoms. The molecule has 0 saturated carbocycles. The lowest BCUT2D eigenvalue weighted by Crippen LogP contribution is -2.49. The summed E-state index contributed by atoms with van der Waals surface area (Å²) >= 11 is 0. The van der Waals surface area contributed by atoms with Gasteiger partial charge in [-0.15, -0.1) is 0 Å². The molecule has 0 unspecified atom stereocenters. The lowest BCUT2D eigenvalue weighted by molar-refractivity contribution is -0.130. The minimum Gasteiger partial charge on any atom is -0.435 e. The van der Waals surface area contributed by atoms with Crippen molar-refractivity contribution < 1.29 is 18.3 Å². The van der Waals surface area contributed by atoms with Crippen LogP contribution < -0.4 is 9.64 Å². The number of hydrogen-bond acceptors (Lipinski definition) is 5. The second-order valence-corrected chi connectivity index (χ2v) is 7.17. The summed E-state index contributed by atoms with van der Waals surface area (Å²) in [6.45, 7) is -0.315. The van der Waals surface area contributed by atoms with Crippen LogP contribution in [0, 0.1) is 0 Å². The zero-order valence-corrected chi connectivity index (χ0v) is 16.8. The smallest absolute Gasteiger partial charge is 0.387 e. The van der Waals surface area contributed by atoms with Gasteiger partial charge < -0.3 is 14.5 Å². The predicted molar refractivity (Wildman–Crippen MR) is 113 cm³/mol. The van der Waals surface area contributed by atoms with E-state index in [1.807, 2.05) is 41.3 Å². The molecule has 4 rings (SSSR count). The quantitative estimate of drug-likeness (QED) is 0.605. The predicted octanol–water partition coefficient (Wildman–Crippen LogP) is 3.64. The molecule has 1 fully saturated rings. The van der Waals surface area contributed by atoms with E-state index in [9.17, 15) is 13.6 Å². The first kappa shape index (κ1) is 20.7. The number of ether oxygens (including phenoxy) is 1. The standard InChI is InChI=1S/C23H22F2N4O2/c24-23(25)31-19-8-6-17(7-9-19)16-21(30)29-14-12-28(13-15-29)20-10-11-26-22(27-20)18-4-2-1-3-5-18/h1-11,23H,12-16H2. The Bertz CT molecular complexity index is 1010. The second kappa shape index (κ2) is 9.51. The molecule has 8 heteroatoms. The highest BCUT2D eigenvalue weighted by molar-refractivity contribution is 5.79. The third-order valence-corrected chi connectivity index (χ3v) is 5.13. The van der Waals surface area contributed by atoms with Crippen LogP contribution in [0.25, 0.3) is 11.4 Å². The summed E-state index contributed by atoms with van der Waals surface area (Å²) in [5, 5.41) is 0. The molecule has 1 aliphatic rings. The molecule has 0 radical (unpaired) electrons. The molecular formula is C23H22F2N4O2. The molecule has 2 aromatic carbocycles. The maximum Gasteiger partial charge on any atom is 0.387 e. The second-order valence-electron chi connectivity index (χ2n) is 7.17. The van der Waals surface area contributed by atoms with Crippen LogP contribution in [0.2, 0.25) is 0 Å². The number of alkyl halides is 2. The Morgan fingerprint density at radius 1 is 0.968 bits per heavy atom. The third kappa shape index (κ3) is 5.33. The van der Waals surface area contributed by atoms with Crippen molar-refractivity contribution >= 4 is 11.7 Å². The van der Waals surface area contributed by atoms with Crippen molar-refractivity contribution in [1.29, 1.82) is 0 Å². The first-order chi connectivity index (χ1) is 15.1. The van der Waals surface area contributed by atoms with E-state index >= 15 is 0 Å². The van der Waals surface area contributed by atoms with Gasteiger partial charge in [-0.25, -0.2) is 9.97 Å². The maximum absolute atomic E-state index is 12.6. The zero-order chi connectivity index (χ0) is 21.6. The van der Waals surface area contributed by atoms with Gasteiger partial charge in [0.2, 0.25) is 5.91 Å². The van der Waals surface area contributed by atoms with E-state index in [1.54, 1.807) is 18.3 Å². The Morgan fingerprint density at radius 2 is 1.68 bits per heavy atom. The van der Waals surface area contributed by atoms with Crippen LogP contribution in [-0.2, 0) is 11.2 Å². The van der Waals surface area contributed by atoms with Gasteiger partial charge in [0.05, 0.1) is 6.42 Å². The number of benzene rings is 2. The number of halogens is 2. The van der Waals surface area contributed by atoms with Crippen molar-refractivity contribution in [3.05, 3.63) is 72.4 Å². The minimum absolute atomic E-state index is 0.00911. The van der Waals surface area contributed by atoms with Gasteiger partial charge in [0, 0.05) is 37.9 Å². The summed E-state index contributed by atoms with van der Waals surface area (Å²) in [7, 11) is 0. The molecule has 1 saturated heterocycles. The maximum atomic E-state index is 12.6. The minimum atomic E-state index is -2.86. The van der Waals surface area contributed by atoms with Gasteiger partial charge in [0.15, 0.2) is 5.82 Å². The topological polar surface area (TPSA) is 58.6 Å². The fourth-order valence-electron chi connectivity index (χ4n) is 3.51. The van der Waals surface area contributed by atoms with Gasteiger partial charge in [-0.2, -0.15) is 8.78 Å². The Balaban J connectivity index is 1.33. The number of anilines is 1. The highest BCUT2D eigenvalue weighted by Crippen LogP contribution is 2.20. The van der Waals surface area contributed by atoms with E-state index in [0.29, 0.717) is 32.0 Å². The number of carbonyl (C=O) groups excluding carboxylic acids is 1. The average molecular weight is 424 g/mol. The van der Waals surface area contributed by atoms with E-state index in [4.69, 9.17) is 0 Å². The van der Waals surface area contributed by atoms with Crippen molar-refractivity contribution in [3.63, 3.8) is 0 Å². The van der Waals surface area contributed by atoms with Crippen LogP contribution in [0.5, 0.6) is 5.75 Å². The molecule has 1 aliphatic heterocycles. The number of aromatic nitrogens is 2. The fraction of sp³-hybridized carbons (Fsp3) is 0.261. The van der Waals surface area contributed by atoms with Crippen LogP contribution in [0.3, 0.4) is 0 Å². The van der Waals surface area contributed by atoms with E-state index in [0.717, 1.165) is 16.9 Å². The van der Waals surface area contributed by atoms with Crippen molar-refractivity contribution in [1.82, 2.24) is 14.9 Å². The van der Waals surface area contributed by atoms with Crippen LogP contribution >= 0.6 is 0 Å². The van der Waals surface area contributed by atoms with Crippen molar-refractivity contribution in [3.8, 4) is 17.1 Å². The molecule has 6 nitrogen and oxygen atoms in total. The molecule has 0 spiro atoms. The first-order valence-electron chi connectivity index (χ1n) is 10.0. The number of rotatable bonds is 6. The molecule has 1 aromatic heterocycles. The number of carbonyl (C=O) groups is 1. The van der Waals surface area contributed by atoms with E-state index in [-0.39, 0.29) is 18.1 Å². The molecule has 31 heavy (non-hydrogen) atoms. The van der Waals surface area contributed by atoms with Gasteiger partial charge >= 0.3 is 6.61 Å². The van der Waals surface area contributed by atoms with Crippen LogP contribution in [-0.4, -0.2) is 53.6 Å². The highest BCUT2D eigenvalue weighted by Gasteiger charge is 2.22. The summed E-state index contributed by atoms with van der Waals surface area (Å²) in [5.41, 5.74) is 1.72. The van der Waals surface area contributed by atoms with Crippen molar-refractivity contribution in [2.24, 2.45) is 0 Å². The van der Waals surface area contributed by atoms with E-state index < -0.39 is 6.61 Å². The number of nitrogens with zero attached hydrogens (tertiary/aromatic N) is 4. The van der Waals surface area contributed by atoms with Gasteiger partial charge in [0.25, 0.3) is 0 Å². The summed E-state index contributed by atoms with van der Waals surface area (Å²) < 4.78 is 28.8. The van der Waals surface area contributed by atoms with Crippen LogP contribution in [0.1, 0.15) is 5.56 Å². The van der Waals surface area contributed by atoms with Gasteiger partial charge in [-0.1, -0.05) is 42.5 Å². The summed E-state index contributed by atoms with van der Waals surface area (Å²) in [5.74, 6) is 1.61. The molecular weight excluding hydrogens is 402 g/mol.